The van der Waals surface area contributed by atoms with Gasteiger partial charge < -0.3 is 14.9 Å². The number of nitrogens with one attached hydrogen (secondary N) is 3. The van der Waals surface area contributed by atoms with Gasteiger partial charge in [0.2, 0.25) is 10.0 Å². The Morgan fingerprint density at radius 1 is 1.00 bits per heavy atom. The minimum Gasteiger partial charge on any atom is -0.371 e. The van der Waals surface area contributed by atoms with Crippen LogP contribution in [0.4, 0.5) is 5.69 Å². The third-order valence-corrected chi connectivity index (χ3v) is 5.82. The highest BCUT2D eigenvalue weighted by atomic mass is 32.2. The van der Waals surface area contributed by atoms with Gasteiger partial charge >= 0.3 is 11.1 Å². The maximum absolute atomic E-state index is 12.6. The zero-order valence-corrected chi connectivity index (χ0v) is 15.7. The minimum atomic E-state index is -3.78. The fraction of sp³-hybridized carbons (Fsp3) is 0.222. The first kappa shape index (κ1) is 18.9. The Bertz CT molecular complexity index is 1170. The molecule has 3 N–H and O–H groups in total. The first-order valence-corrected chi connectivity index (χ1v) is 9.80. The average molecular weight is 388 g/mol. The average Bonchev–Trinajstić information content (AvgIpc) is 2.66. The van der Waals surface area contributed by atoms with Gasteiger partial charge in [0.1, 0.15) is 0 Å². The number of nitrogens with zero attached hydrogens (tertiary/aromatic N) is 1. The summed E-state index contributed by atoms with van der Waals surface area (Å²) in [5.74, 6) is 0. The second-order valence-electron chi connectivity index (χ2n) is 6.26. The van der Waals surface area contributed by atoms with Crippen molar-refractivity contribution in [3.05, 3.63) is 69.2 Å². The lowest BCUT2D eigenvalue weighted by molar-refractivity contribution is 0.570. The molecule has 142 valence electrons. The molecular formula is C18H20N4O4S. The van der Waals surface area contributed by atoms with Crippen LogP contribution in [-0.4, -0.2) is 38.0 Å². The summed E-state index contributed by atoms with van der Waals surface area (Å²) in [5, 5.41) is 0. The molecule has 0 spiro atoms. The van der Waals surface area contributed by atoms with Crippen molar-refractivity contribution >= 4 is 26.7 Å². The summed E-state index contributed by atoms with van der Waals surface area (Å²) < 4.78 is 27.8. The van der Waals surface area contributed by atoms with Gasteiger partial charge in [-0.2, -0.15) is 0 Å². The van der Waals surface area contributed by atoms with E-state index in [9.17, 15) is 18.0 Å². The molecule has 0 saturated heterocycles. The van der Waals surface area contributed by atoms with E-state index in [1.165, 1.54) is 18.2 Å². The van der Waals surface area contributed by atoms with Crippen molar-refractivity contribution in [1.29, 1.82) is 0 Å². The van der Waals surface area contributed by atoms with E-state index < -0.39 is 21.1 Å². The van der Waals surface area contributed by atoms with Crippen LogP contribution in [0.5, 0.6) is 0 Å². The largest absolute Gasteiger partial charge is 0.371 e. The molecule has 0 bridgehead atoms. The lowest BCUT2D eigenvalue weighted by Crippen LogP contribution is -2.40. The Morgan fingerprint density at radius 2 is 1.63 bits per heavy atom. The van der Waals surface area contributed by atoms with Gasteiger partial charge in [0, 0.05) is 25.3 Å². The van der Waals surface area contributed by atoms with Crippen LogP contribution >= 0.6 is 0 Å². The van der Waals surface area contributed by atoms with Crippen LogP contribution in [0.15, 0.2) is 63.0 Å². The second kappa shape index (κ2) is 7.37. The summed E-state index contributed by atoms with van der Waals surface area (Å²) in [6.07, 6.45) is 0. The zero-order chi connectivity index (χ0) is 19.6. The summed E-state index contributed by atoms with van der Waals surface area (Å²) in [4.78, 5) is 29.5. The summed E-state index contributed by atoms with van der Waals surface area (Å²) in [6, 6.07) is 13.7. The molecule has 1 heterocycles. The normalized spacial score (nSPS) is 12.8. The Morgan fingerprint density at radius 3 is 2.30 bits per heavy atom. The minimum absolute atomic E-state index is 0.00673. The number of hydrogen-bond acceptors (Lipinski definition) is 5. The van der Waals surface area contributed by atoms with Gasteiger partial charge in [0.05, 0.1) is 15.9 Å². The lowest BCUT2D eigenvalue weighted by Gasteiger charge is -2.27. The van der Waals surface area contributed by atoms with Gasteiger partial charge in [-0.1, -0.05) is 18.2 Å². The number of benzene rings is 2. The Balaban J connectivity index is 1.78. The molecule has 2 aromatic carbocycles. The number of aromatic nitrogens is 2. The highest BCUT2D eigenvalue weighted by molar-refractivity contribution is 7.89. The standard InChI is InChI=1S/C18H20N4O4S/c1-12(22(2)13-6-4-3-5-7-13)11-19-27(25,26)14-8-9-15-16(10-14)21-18(24)17(23)20-15/h3-10,12,19H,11H2,1-2H3,(H,20,23)(H,21,24). The van der Waals surface area contributed by atoms with Crippen LogP contribution in [0.3, 0.4) is 0 Å². The van der Waals surface area contributed by atoms with Gasteiger partial charge in [0.25, 0.3) is 0 Å². The van der Waals surface area contributed by atoms with Gasteiger partial charge in [-0.25, -0.2) is 13.1 Å². The summed E-state index contributed by atoms with van der Waals surface area (Å²) in [5.41, 5.74) is -0.0267. The Labute approximate surface area is 155 Å². The van der Waals surface area contributed by atoms with Crippen molar-refractivity contribution in [3.63, 3.8) is 0 Å². The molecule has 0 amide bonds. The van der Waals surface area contributed by atoms with E-state index in [1.54, 1.807) is 0 Å². The molecule has 0 aliphatic carbocycles. The van der Waals surface area contributed by atoms with E-state index >= 15 is 0 Å². The van der Waals surface area contributed by atoms with Crippen molar-refractivity contribution < 1.29 is 8.42 Å². The molecular weight excluding hydrogens is 368 g/mol. The van der Waals surface area contributed by atoms with Gasteiger partial charge in [-0.3, -0.25) is 9.59 Å². The SMILES string of the molecule is CC(CNS(=O)(=O)c1ccc2[nH]c(=O)c(=O)[nH]c2c1)N(C)c1ccccc1. The fourth-order valence-electron chi connectivity index (χ4n) is 2.63. The van der Waals surface area contributed by atoms with Crippen LogP contribution in [0.25, 0.3) is 11.0 Å². The predicted molar refractivity (Wildman–Crippen MR) is 105 cm³/mol. The molecule has 3 rings (SSSR count). The maximum Gasteiger partial charge on any atom is 0.314 e. The molecule has 3 aromatic rings. The number of sulfonamides is 1. The van der Waals surface area contributed by atoms with Crippen LogP contribution in [-0.2, 0) is 10.0 Å². The predicted octanol–water partition coefficient (Wildman–Crippen LogP) is 1.02. The fourth-order valence-corrected chi connectivity index (χ4v) is 3.78. The molecule has 27 heavy (non-hydrogen) atoms. The quantitative estimate of drug-likeness (QED) is 0.546. The number of para-hydroxylation sites is 1. The van der Waals surface area contributed by atoms with E-state index in [0.29, 0.717) is 5.52 Å². The zero-order valence-electron chi connectivity index (χ0n) is 14.9. The molecule has 1 atom stereocenters. The third-order valence-electron chi connectivity index (χ3n) is 4.40. The number of anilines is 1. The van der Waals surface area contributed by atoms with Crippen LogP contribution < -0.4 is 20.7 Å². The lowest BCUT2D eigenvalue weighted by atomic mass is 10.2. The molecule has 1 unspecified atom stereocenters. The first-order chi connectivity index (χ1) is 12.8. The summed E-state index contributed by atoms with van der Waals surface area (Å²) in [6.45, 7) is 2.12. The van der Waals surface area contributed by atoms with Gasteiger partial charge in [-0.15, -0.1) is 0 Å². The van der Waals surface area contributed by atoms with E-state index in [1.807, 2.05) is 49.2 Å². The first-order valence-electron chi connectivity index (χ1n) is 8.32. The summed E-state index contributed by atoms with van der Waals surface area (Å²) in [7, 11) is -1.88. The van der Waals surface area contributed by atoms with Crippen LogP contribution in [0.2, 0.25) is 0 Å². The van der Waals surface area contributed by atoms with E-state index in [2.05, 4.69) is 14.7 Å². The number of H-pyrrole nitrogens is 2. The number of fused-ring (bicyclic) bond motifs is 1. The number of hydrogen-bond donors (Lipinski definition) is 3. The van der Waals surface area contributed by atoms with Crippen molar-refractivity contribution in [2.45, 2.75) is 17.9 Å². The molecule has 0 radical (unpaired) electrons. The van der Waals surface area contributed by atoms with Crippen LogP contribution in [0.1, 0.15) is 6.92 Å². The van der Waals surface area contributed by atoms with Gasteiger partial charge in [0.15, 0.2) is 0 Å². The molecule has 1 aromatic heterocycles. The van der Waals surface area contributed by atoms with Crippen molar-refractivity contribution in [1.82, 2.24) is 14.7 Å². The monoisotopic (exact) mass is 388 g/mol. The molecule has 0 saturated carbocycles. The Hall–Kier alpha value is -2.91. The summed E-state index contributed by atoms with van der Waals surface area (Å²) >= 11 is 0. The molecule has 9 heteroatoms. The second-order valence-corrected chi connectivity index (χ2v) is 8.03. The number of rotatable bonds is 6. The van der Waals surface area contributed by atoms with Crippen molar-refractivity contribution in [2.75, 3.05) is 18.5 Å². The van der Waals surface area contributed by atoms with Crippen LogP contribution in [0, 0.1) is 0 Å². The highest BCUT2D eigenvalue weighted by Crippen LogP contribution is 2.16. The maximum atomic E-state index is 12.6. The molecule has 0 aliphatic heterocycles. The smallest absolute Gasteiger partial charge is 0.314 e. The third kappa shape index (κ3) is 4.09. The molecule has 0 fully saturated rings. The van der Waals surface area contributed by atoms with E-state index in [0.717, 1.165) is 5.69 Å². The Kier molecular flexibility index (Phi) is 5.15. The number of aromatic amines is 2. The van der Waals surface area contributed by atoms with Crippen molar-refractivity contribution in [2.24, 2.45) is 0 Å². The molecule has 8 nitrogen and oxygen atoms in total. The van der Waals surface area contributed by atoms with E-state index in [4.69, 9.17) is 0 Å². The highest BCUT2D eigenvalue weighted by Gasteiger charge is 2.18. The molecule has 0 aliphatic rings. The van der Waals surface area contributed by atoms with Crippen molar-refractivity contribution in [3.8, 4) is 0 Å². The topological polar surface area (TPSA) is 115 Å². The van der Waals surface area contributed by atoms with E-state index in [-0.39, 0.29) is 23.0 Å². The van der Waals surface area contributed by atoms with Gasteiger partial charge in [-0.05, 0) is 37.3 Å². The number of likely N-dealkylation sites (N-methyl/N-ethyl adjacent to an activating group) is 1.